The molecule has 0 aliphatic heterocycles. The predicted octanol–water partition coefficient (Wildman–Crippen LogP) is 3.67. The lowest BCUT2D eigenvalue weighted by molar-refractivity contribution is 0.389. The van der Waals surface area contributed by atoms with Gasteiger partial charge in [-0.3, -0.25) is 0 Å². The van der Waals surface area contributed by atoms with Crippen molar-refractivity contribution < 1.29 is 12.9 Å². The van der Waals surface area contributed by atoms with Crippen molar-refractivity contribution >= 4 is 21.4 Å². The summed E-state index contributed by atoms with van der Waals surface area (Å²) in [5.74, 6) is -0.00914. The maximum Gasteiger partial charge on any atom is 0.242 e. The first-order chi connectivity index (χ1) is 11.0. The molecule has 0 radical (unpaired) electrons. The second-order valence-electron chi connectivity index (χ2n) is 5.07. The third-order valence-electron chi connectivity index (χ3n) is 3.26. The summed E-state index contributed by atoms with van der Waals surface area (Å²) in [5, 5.41) is 4.00. The first kappa shape index (κ1) is 15.7. The lowest BCUT2D eigenvalue weighted by atomic mass is 10.1. The summed E-state index contributed by atoms with van der Waals surface area (Å²) in [7, 11) is -3.65. The van der Waals surface area contributed by atoms with Crippen molar-refractivity contribution in [2.24, 2.45) is 0 Å². The number of aromatic nitrogens is 2. The minimum Gasteiger partial charge on any atom is -0.338 e. The van der Waals surface area contributed by atoms with Crippen LogP contribution in [0.3, 0.4) is 0 Å². The molecule has 0 aliphatic rings. The topological polar surface area (TPSA) is 73.1 Å². The van der Waals surface area contributed by atoms with E-state index in [1.54, 1.807) is 12.1 Å². The van der Waals surface area contributed by atoms with Crippen LogP contribution in [0.15, 0.2) is 57.9 Å². The second-order valence-corrected chi connectivity index (χ2v) is 7.43. The number of rotatable bonds is 4. The van der Waals surface area contributed by atoms with Crippen molar-refractivity contribution in [1.82, 2.24) is 10.1 Å². The van der Waals surface area contributed by atoms with E-state index in [2.05, 4.69) is 10.1 Å². The molecule has 1 aromatic heterocycles. The quantitative estimate of drug-likeness (QED) is 0.719. The number of hydrogen-bond acceptors (Lipinski definition) is 5. The van der Waals surface area contributed by atoms with Gasteiger partial charge in [0.25, 0.3) is 0 Å². The molecular weight excluding hydrogens is 336 g/mol. The predicted molar refractivity (Wildman–Crippen MR) is 86.8 cm³/mol. The largest absolute Gasteiger partial charge is 0.338 e. The van der Waals surface area contributed by atoms with E-state index in [0.29, 0.717) is 5.82 Å². The molecule has 0 aliphatic carbocycles. The Morgan fingerprint density at radius 1 is 1.09 bits per heavy atom. The number of nitrogens with zero attached hydrogens (tertiary/aromatic N) is 2. The molecule has 0 unspecified atom stereocenters. The van der Waals surface area contributed by atoms with E-state index in [1.807, 2.05) is 31.2 Å². The smallest absolute Gasteiger partial charge is 0.242 e. The monoisotopic (exact) mass is 348 g/mol. The van der Waals surface area contributed by atoms with Crippen LogP contribution in [0.4, 0.5) is 0 Å². The molecule has 0 fully saturated rings. The first-order valence-corrected chi connectivity index (χ1v) is 8.86. The van der Waals surface area contributed by atoms with E-state index >= 15 is 0 Å². The van der Waals surface area contributed by atoms with E-state index in [4.69, 9.17) is 16.1 Å². The van der Waals surface area contributed by atoms with Crippen LogP contribution >= 0.6 is 11.6 Å². The van der Waals surface area contributed by atoms with Crippen LogP contribution in [0.1, 0.15) is 11.5 Å². The maximum atomic E-state index is 12.4. The van der Waals surface area contributed by atoms with Crippen LogP contribution in [0.2, 0.25) is 5.02 Å². The van der Waals surface area contributed by atoms with Crippen molar-refractivity contribution in [2.45, 2.75) is 17.6 Å². The van der Waals surface area contributed by atoms with Crippen molar-refractivity contribution in [1.29, 1.82) is 0 Å². The average molecular weight is 349 g/mol. The van der Waals surface area contributed by atoms with Crippen molar-refractivity contribution in [3.05, 3.63) is 65.0 Å². The van der Waals surface area contributed by atoms with Crippen LogP contribution < -0.4 is 0 Å². The number of aryl methyl sites for hydroxylation is 1. The standard InChI is InChI=1S/C16H13ClN2O3S/c1-11-6-8-12(9-7-11)16-18-15(22-19-16)10-23(20,21)14-5-3-2-4-13(14)17/h2-9H,10H2,1H3. The Labute approximate surface area is 138 Å². The Kier molecular flexibility index (Phi) is 4.19. The zero-order valence-corrected chi connectivity index (χ0v) is 13.8. The molecule has 2 aromatic carbocycles. The molecule has 0 bridgehead atoms. The zero-order chi connectivity index (χ0) is 16.4. The second kappa shape index (κ2) is 6.14. The third kappa shape index (κ3) is 3.43. The van der Waals surface area contributed by atoms with Gasteiger partial charge in [0.1, 0.15) is 5.75 Å². The Bertz CT molecular complexity index is 934. The molecule has 23 heavy (non-hydrogen) atoms. The van der Waals surface area contributed by atoms with Crippen LogP contribution in [0.25, 0.3) is 11.4 Å². The van der Waals surface area contributed by atoms with E-state index < -0.39 is 15.6 Å². The van der Waals surface area contributed by atoms with Gasteiger partial charge in [0.15, 0.2) is 9.84 Å². The molecule has 118 valence electrons. The summed E-state index contributed by atoms with van der Waals surface area (Å²) in [5.41, 5.74) is 1.87. The average Bonchev–Trinajstić information content (AvgIpc) is 2.96. The molecule has 0 N–H and O–H groups in total. The first-order valence-electron chi connectivity index (χ1n) is 6.82. The summed E-state index contributed by atoms with van der Waals surface area (Å²) in [6, 6.07) is 13.8. The summed E-state index contributed by atoms with van der Waals surface area (Å²) in [6.07, 6.45) is 0. The molecule has 0 spiro atoms. The fourth-order valence-electron chi connectivity index (χ4n) is 2.07. The minimum absolute atomic E-state index is 0.0282. The van der Waals surface area contributed by atoms with Crippen LogP contribution in [0.5, 0.6) is 0 Å². The van der Waals surface area contributed by atoms with Gasteiger partial charge in [-0.2, -0.15) is 4.98 Å². The highest BCUT2D eigenvalue weighted by atomic mass is 35.5. The Morgan fingerprint density at radius 3 is 2.48 bits per heavy atom. The van der Waals surface area contributed by atoms with Gasteiger partial charge in [0.2, 0.25) is 11.7 Å². The van der Waals surface area contributed by atoms with Crippen LogP contribution in [-0.4, -0.2) is 18.6 Å². The lowest BCUT2D eigenvalue weighted by Crippen LogP contribution is -2.05. The molecule has 0 saturated heterocycles. The molecule has 0 amide bonds. The Balaban J connectivity index is 1.87. The summed E-state index contributed by atoms with van der Waals surface area (Å²) < 4.78 is 29.9. The lowest BCUT2D eigenvalue weighted by Gasteiger charge is -2.03. The number of halogens is 1. The number of sulfone groups is 1. The molecule has 0 atom stereocenters. The van der Waals surface area contributed by atoms with Crippen molar-refractivity contribution in [3.8, 4) is 11.4 Å². The molecule has 0 saturated carbocycles. The maximum absolute atomic E-state index is 12.4. The Hall–Kier alpha value is -2.18. The molecule has 3 aromatic rings. The summed E-state index contributed by atoms with van der Waals surface area (Å²) >= 11 is 5.95. The molecule has 7 heteroatoms. The third-order valence-corrected chi connectivity index (χ3v) is 5.36. The van der Waals surface area contributed by atoms with Gasteiger partial charge in [-0.05, 0) is 19.1 Å². The minimum atomic E-state index is -3.65. The molecule has 3 rings (SSSR count). The highest BCUT2D eigenvalue weighted by Crippen LogP contribution is 2.24. The van der Waals surface area contributed by atoms with E-state index in [1.165, 1.54) is 12.1 Å². The summed E-state index contributed by atoms with van der Waals surface area (Å²) in [4.78, 5) is 4.20. The highest BCUT2D eigenvalue weighted by molar-refractivity contribution is 7.90. The SMILES string of the molecule is Cc1ccc(-c2noc(CS(=O)(=O)c3ccccc3Cl)n2)cc1. The van der Waals surface area contributed by atoms with Gasteiger partial charge >= 0.3 is 0 Å². The fraction of sp³-hybridized carbons (Fsp3) is 0.125. The van der Waals surface area contributed by atoms with E-state index in [-0.39, 0.29) is 15.8 Å². The number of hydrogen-bond donors (Lipinski definition) is 0. The Morgan fingerprint density at radius 2 is 1.78 bits per heavy atom. The van der Waals surface area contributed by atoms with Gasteiger partial charge in [-0.1, -0.05) is 58.7 Å². The van der Waals surface area contributed by atoms with Crippen molar-refractivity contribution in [2.75, 3.05) is 0 Å². The molecule has 5 nitrogen and oxygen atoms in total. The van der Waals surface area contributed by atoms with Crippen LogP contribution in [-0.2, 0) is 15.6 Å². The van der Waals surface area contributed by atoms with E-state index in [9.17, 15) is 8.42 Å². The van der Waals surface area contributed by atoms with E-state index in [0.717, 1.165) is 11.1 Å². The zero-order valence-electron chi connectivity index (χ0n) is 12.2. The highest BCUT2D eigenvalue weighted by Gasteiger charge is 2.22. The molecular formula is C16H13ClN2O3S. The molecule has 1 heterocycles. The fourth-order valence-corrected chi connectivity index (χ4v) is 3.81. The van der Waals surface area contributed by atoms with Gasteiger partial charge in [0, 0.05) is 5.56 Å². The number of benzene rings is 2. The van der Waals surface area contributed by atoms with Gasteiger partial charge < -0.3 is 4.52 Å². The normalized spacial score (nSPS) is 11.6. The van der Waals surface area contributed by atoms with Gasteiger partial charge in [0.05, 0.1) is 9.92 Å². The van der Waals surface area contributed by atoms with Gasteiger partial charge in [-0.15, -0.1) is 0 Å². The summed E-state index contributed by atoms with van der Waals surface area (Å²) in [6.45, 7) is 1.97. The van der Waals surface area contributed by atoms with Crippen LogP contribution in [0, 0.1) is 6.92 Å². The van der Waals surface area contributed by atoms with Gasteiger partial charge in [-0.25, -0.2) is 8.42 Å². The van der Waals surface area contributed by atoms with Crippen molar-refractivity contribution in [3.63, 3.8) is 0 Å².